The van der Waals surface area contributed by atoms with Gasteiger partial charge >= 0.3 is 0 Å². The van der Waals surface area contributed by atoms with Gasteiger partial charge in [-0.3, -0.25) is 9.36 Å². The van der Waals surface area contributed by atoms with Crippen molar-refractivity contribution >= 4 is 0 Å². The summed E-state index contributed by atoms with van der Waals surface area (Å²) in [5.41, 5.74) is -0.106. The molecular weight excluding hydrogens is 192 g/mol. The molecule has 0 bridgehead atoms. The van der Waals surface area contributed by atoms with Crippen molar-refractivity contribution in [3.63, 3.8) is 0 Å². The van der Waals surface area contributed by atoms with Crippen molar-refractivity contribution in [1.29, 1.82) is 0 Å². The lowest BCUT2D eigenvalue weighted by atomic mass is 10.4. The third-order valence-electron chi connectivity index (χ3n) is 2.16. The normalized spacial score (nSPS) is 10.9. The van der Waals surface area contributed by atoms with Crippen LogP contribution in [0.3, 0.4) is 0 Å². The molecule has 0 N–H and O–H groups in total. The Morgan fingerprint density at radius 2 is 2.07 bits per heavy atom. The van der Waals surface area contributed by atoms with Crippen LogP contribution < -0.4 is 5.56 Å². The largest absolute Gasteiger partial charge is 0.308 e. The average Bonchev–Trinajstić information content (AvgIpc) is 2.70. The second kappa shape index (κ2) is 3.68. The first-order valence-electron chi connectivity index (χ1n) is 4.75. The minimum absolute atomic E-state index is 0.106. The van der Waals surface area contributed by atoms with E-state index in [0.29, 0.717) is 5.82 Å². The van der Waals surface area contributed by atoms with Crippen LogP contribution in [-0.4, -0.2) is 19.1 Å². The van der Waals surface area contributed by atoms with Gasteiger partial charge in [-0.2, -0.15) is 0 Å². The Morgan fingerprint density at radius 3 is 2.67 bits per heavy atom. The summed E-state index contributed by atoms with van der Waals surface area (Å²) in [4.78, 5) is 19.9. The molecule has 0 fully saturated rings. The first-order valence-corrected chi connectivity index (χ1v) is 4.75. The zero-order chi connectivity index (χ0) is 10.8. The lowest BCUT2D eigenvalue weighted by Crippen LogP contribution is -2.26. The number of hydrogen-bond acceptors (Lipinski definition) is 3. The van der Waals surface area contributed by atoms with E-state index in [1.165, 1.54) is 0 Å². The van der Waals surface area contributed by atoms with Gasteiger partial charge in [0, 0.05) is 30.8 Å². The Bertz CT molecular complexity index is 498. The van der Waals surface area contributed by atoms with Crippen LogP contribution in [0, 0.1) is 0 Å². The SMILES string of the molecule is CC(C)n1ccnc(-n2ccnc2)c1=O. The third kappa shape index (κ3) is 1.68. The second-order valence-electron chi connectivity index (χ2n) is 3.53. The molecule has 0 aromatic carbocycles. The summed E-state index contributed by atoms with van der Waals surface area (Å²) in [6, 6.07) is 0.128. The average molecular weight is 204 g/mol. The number of aromatic nitrogens is 4. The molecule has 78 valence electrons. The fraction of sp³-hybridized carbons (Fsp3) is 0.300. The minimum Gasteiger partial charge on any atom is -0.308 e. The number of nitrogens with zero attached hydrogens (tertiary/aromatic N) is 4. The molecule has 0 atom stereocenters. The molecule has 0 unspecified atom stereocenters. The van der Waals surface area contributed by atoms with E-state index in [1.807, 2.05) is 13.8 Å². The zero-order valence-electron chi connectivity index (χ0n) is 8.66. The summed E-state index contributed by atoms with van der Waals surface area (Å²) in [6.07, 6.45) is 8.20. The summed E-state index contributed by atoms with van der Waals surface area (Å²) < 4.78 is 3.25. The first-order chi connectivity index (χ1) is 7.20. The predicted molar refractivity (Wildman–Crippen MR) is 56.0 cm³/mol. The van der Waals surface area contributed by atoms with Crippen molar-refractivity contribution in [3.05, 3.63) is 41.5 Å². The van der Waals surface area contributed by atoms with E-state index >= 15 is 0 Å². The van der Waals surface area contributed by atoms with Crippen molar-refractivity contribution < 1.29 is 0 Å². The number of rotatable bonds is 2. The molecule has 5 heteroatoms. The summed E-state index contributed by atoms with van der Waals surface area (Å²) >= 11 is 0. The molecule has 2 aromatic heterocycles. The lowest BCUT2D eigenvalue weighted by molar-refractivity contribution is 0.570. The molecule has 2 heterocycles. The van der Waals surface area contributed by atoms with Crippen LogP contribution in [-0.2, 0) is 0 Å². The molecule has 2 rings (SSSR count). The Labute approximate surface area is 87.0 Å². The van der Waals surface area contributed by atoms with E-state index in [0.717, 1.165) is 0 Å². The smallest absolute Gasteiger partial charge is 0.294 e. The van der Waals surface area contributed by atoms with Crippen LogP contribution in [0.25, 0.3) is 5.82 Å². The summed E-state index contributed by atoms with van der Waals surface area (Å²) in [7, 11) is 0. The third-order valence-corrected chi connectivity index (χ3v) is 2.16. The quantitative estimate of drug-likeness (QED) is 0.733. The second-order valence-corrected chi connectivity index (χ2v) is 3.53. The highest BCUT2D eigenvalue weighted by molar-refractivity contribution is 5.18. The van der Waals surface area contributed by atoms with E-state index in [2.05, 4.69) is 9.97 Å². The maximum atomic E-state index is 12.0. The van der Waals surface area contributed by atoms with Gasteiger partial charge in [-0.15, -0.1) is 0 Å². The summed E-state index contributed by atoms with van der Waals surface area (Å²) in [5.74, 6) is 0.378. The molecule has 0 saturated heterocycles. The standard InChI is InChI=1S/C10H12N4O/c1-8(2)14-6-4-12-9(10(14)15)13-5-3-11-7-13/h3-8H,1-2H3. The van der Waals surface area contributed by atoms with Gasteiger partial charge in [0.15, 0.2) is 0 Å². The highest BCUT2D eigenvalue weighted by atomic mass is 16.1. The van der Waals surface area contributed by atoms with Crippen molar-refractivity contribution in [3.8, 4) is 5.82 Å². The van der Waals surface area contributed by atoms with Gasteiger partial charge in [0.05, 0.1) is 0 Å². The Morgan fingerprint density at radius 1 is 1.27 bits per heavy atom. The van der Waals surface area contributed by atoms with Gasteiger partial charge < -0.3 is 4.57 Å². The molecule has 2 aromatic rings. The predicted octanol–water partition coefficient (Wildman–Crippen LogP) is 1.01. The van der Waals surface area contributed by atoms with Crippen LogP contribution in [0.1, 0.15) is 19.9 Å². The molecule has 0 saturated carbocycles. The maximum Gasteiger partial charge on any atom is 0.294 e. The van der Waals surface area contributed by atoms with E-state index < -0.39 is 0 Å². The van der Waals surface area contributed by atoms with Gasteiger partial charge in [0.1, 0.15) is 6.33 Å². The van der Waals surface area contributed by atoms with E-state index in [9.17, 15) is 4.79 Å². The Hall–Kier alpha value is -1.91. The van der Waals surface area contributed by atoms with Crippen molar-refractivity contribution in [2.24, 2.45) is 0 Å². The van der Waals surface area contributed by atoms with Crippen molar-refractivity contribution in [1.82, 2.24) is 19.1 Å². The van der Waals surface area contributed by atoms with Crippen LogP contribution >= 0.6 is 0 Å². The maximum absolute atomic E-state index is 12.0. The Kier molecular flexibility index (Phi) is 2.37. The van der Waals surface area contributed by atoms with Gasteiger partial charge in [-0.1, -0.05) is 0 Å². The molecule has 0 aliphatic rings. The summed E-state index contributed by atoms with van der Waals surface area (Å²) in [6.45, 7) is 3.91. The van der Waals surface area contributed by atoms with E-state index in [-0.39, 0.29) is 11.6 Å². The number of imidazole rings is 1. The molecular formula is C10H12N4O. The van der Waals surface area contributed by atoms with Crippen molar-refractivity contribution in [2.75, 3.05) is 0 Å². The fourth-order valence-corrected chi connectivity index (χ4v) is 1.38. The van der Waals surface area contributed by atoms with Crippen LogP contribution in [0.5, 0.6) is 0 Å². The molecule has 0 spiro atoms. The topological polar surface area (TPSA) is 52.7 Å². The fourth-order valence-electron chi connectivity index (χ4n) is 1.38. The van der Waals surface area contributed by atoms with E-state index in [4.69, 9.17) is 0 Å². The van der Waals surface area contributed by atoms with Gasteiger partial charge in [0.25, 0.3) is 5.56 Å². The molecule has 0 aliphatic carbocycles. The van der Waals surface area contributed by atoms with Crippen LogP contribution in [0.15, 0.2) is 35.9 Å². The molecule has 0 radical (unpaired) electrons. The monoisotopic (exact) mass is 204 g/mol. The Balaban J connectivity index is 2.60. The summed E-state index contributed by atoms with van der Waals surface area (Å²) in [5, 5.41) is 0. The van der Waals surface area contributed by atoms with Gasteiger partial charge in [-0.05, 0) is 13.8 Å². The minimum atomic E-state index is -0.106. The molecule has 15 heavy (non-hydrogen) atoms. The molecule has 0 aliphatic heterocycles. The van der Waals surface area contributed by atoms with Crippen LogP contribution in [0.2, 0.25) is 0 Å². The van der Waals surface area contributed by atoms with Crippen molar-refractivity contribution in [2.45, 2.75) is 19.9 Å². The zero-order valence-corrected chi connectivity index (χ0v) is 8.66. The molecule has 0 amide bonds. The molecule has 5 nitrogen and oxygen atoms in total. The van der Waals surface area contributed by atoms with Gasteiger partial charge in [0.2, 0.25) is 5.82 Å². The lowest BCUT2D eigenvalue weighted by Gasteiger charge is -2.10. The van der Waals surface area contributed by atoms with E-state index in [1.54, 1.807) is 40.2 Å². The van der Waals surface area contributed by atoms with Gasteiger partial charge in [-0.25, -0.2) is 9.97 Å². The van der Waals surface area contributed by atoms with Crippen LogP contribution in [0.4, 0.5) is 0 Å². The number of hydrogen-bond donors (Lipinski definition) is 0. The highest BCUT2D eigenvalue weighted by Gasteiger charge is 2.07. The first kappa shape index (κ1) is 9.64. The highest BCUT2D eigenvalue weighted by Crippen LogP contribution is 2.01.